The zero-order valence-electron chi connectivity index (χ0n) is 19.5. The van der Waals surface area contributed by atoms with E-state index >= 15 is 0 Å². The molecule has 2 saturated carbocycles. The van der Waals surface area contributed by atoms with E-state index in [1.807, 2.05) is 0 Å². The van der Waals surface area contributed by atoms with Crippen molar-refractivity contribution in [2.45, 2.75) is 36.4 Å². The summed E-state index contributed by atoms with van der Waals surface area (Å²) in [5.74, 6) is 4.02. The Morgan fingerprint density at radius 3 is 1.91 bits per heavy atom. The maximum Gasteiger partial charge on any atom is 0.0949 e. The third-order valence-electron chi connectivity index (χ3n) is 9.62. The van der Waals surface area contributed by atoms with Crippen molar-refractivity contribution >= 4 is 13.3 Å². The van der Waals surface area contributed by atoms with Crippen molar-refractivity contribution < 1.29 is 0 Å². The van der Waals surface area contributed by atoms with Crippen LogP contribution in [0.2, 0.25) is 17.1 Å². The molecule has 5 aliphatic rings. The van der Waals surface area contributed by atoms with Crippen LogP contribution in [-0.4, -0.2) is 8.07 Å². The highest BCUT2D eigenvalue weighted by molar-refractivity contribution is 6.94. The zero-order valence-corrected chi connectivity index (χ0v) is 20.5. The zero-order chi connectivity index (χ0) is 22.3. The van der Waals surface area contributed by atoms with Crippen LogP contribution in [-0.2, 0) is 0 Å². The third-order valence-corrected chi connectivity index (χ3v) is 16.1. The quantitative estimate of drug-likeness (QED) is 0.311. The number of rotatable bonds is 6. The summed E-state index contributed by atoms with van der Waals surface area (Å²) < 4.78 is 0. The van der Waals surface area contributed by atoms with Gasteiger partial charge in [0, 0.05) is 0 Å². The first-order valence-corrected chi connectivity index (χ1v) is 15.4. The van der Waals surface area contributed by atoms with E-state index in [2.05, 4.69) is 116 Å². The normalized spacial score (nSPS) is 39.2. The second-order valence-electron chi connectivity index (χ2n) is 10.8. The molecule has 33 heavy (non-hydrogen) atoms. The van der Waals surface area contributed by atoms with Crippen molar-refractivity contribution in [2.24, 2.45) is 35.5 Å². The van der Waals surface area contributed by atoms with E-state index in [0.29, 0.717) is 29.6 Å². The Hall–Kier alpha value is -2.38. The van der Waals surface area contributed by atoms with E-state index in [9.17, 15) is 0 Å². The van der Waals surface area contributed by atoms with Gasteiger partial charge in [0.2, 0.25) is 0 Å². The van der Waals surface area contributed by atoms with Crippen LogP contribution in [0, 0.1) is 35.5 Å². The SMILES string of the molecule is C=CCC[Si](c1ccccc1)(C1CCC2C=CC=CC21)C1C2C=CC=CC2C2C=CC=CC21. The van der Waals surface area contributed by atoms with E-state index in [1.54, 1.807) is 5.19 Å². The molecule has 6 rings (SSSR count). The predicted octanol–water partition coefficient (Wildman–Crippen LogP) is 7.54. The Balaban J connectivity index is 1.56. The number of hydrogen-bond acceptors (Lipinski definition) is 0. The van der Waals surface area contributed by atoms with E-state index in [-0.39, 0.29) is 0 Å². The van der Waals surface area contributed by atoms with Crippen LogP contribution in [0.15, 0.2) is 116 Å². The predicted molar refractivity (Wildman–Crippen MR) is 144 cm³/mol. The molecular formula is C32H36Si. The molecule has 0 bridgehead atoms. The molecule has 2 fully saturated rings. The summed E-state index contributed by atoms with van der Waals surface area (Å²) in [6.45, 7) is 4.20. The molecule has 1 aromatic rings. The lowest BCUT2D eigenvalue weighted by molar-refractivity contribution is 0.461. The second-order valence-corrected chi connectivity index (χ2v) is 15.4. The lowest BCUT2D eigenvalue weighted by Crippen LogP contribution is -2.59. The molecule has 0 radical (unpaired) electrons. The van der Waals surface area contributed by atoms with Crippen LogP contribution in [0.3, 0.4) is 0 Å². The fourth-order valence-electron chi connectivity index (χ4n) is 8.51. The summed E-state index contributed by atoms with van der Waals surface area (Å²) >= 11 is 0. The van der Waals surface area contributed by atoms with Gasteiger partial charge in [-0.1, -0.05) is 121 Å². The van der Waals surface area contributed by atoms with Gasteiger partial charge in [0.25, 0.3) is 0 Å². The minimum atomic E-state index is -1.98. The van der Waals surface area contributed by atoms with Gasteiger partial charge in [0.05, 0.1) is 8.07 Å². The number of allylic oxidation sites excluding steroid dienone is 13. The van der Waals surface area contributed by atoms with E-state index in [0.717, 1.165) is 23.4 Å². The van der Waals surface area contributed by atoms with Crippen LogP contribution in [0.5, 0.6) is 0 Å². The molecule has 8 atom stereocenters. The van der Waals surface area contributed by atoms with E-state index in [4.69, 9.17) is 0 Å². The van der Waals surface area contributed by atoms with E-state index in [1.165, 1.54) is 18.9 Å². The van der Waals surface area contributed by atoms with E-state index < -0.39 is 8.07 Å². The van der Waals surface area contributed by atoms with Gasteiger partial charge in [-0.15, -0.1) is 6.58 Å². The molecule has 1 aromatic carbocycles. The first-order chi connectivity index (χ1) is 16.3. The fourth-order valence-corrected chi connectivity index (χ4v) is 16.1. The molecule has 0 aromatic heterocycles. The van der Waals surface area contributed by atoms with Gasteiger partial charge in [-0.2, -0.15) is 0 Å². The molecule has 0 aliphatic heterocycles. The minimum absolute atomic E-state index is 0.643. The topological polar surface area (TPSA) is 0 Å². The largest absolute Gasteiger partial charge is 0.103 e. The van der Waals surface area contributed by atoms with Gasteiger partial charge in [0.1, 0.15) is 0 Å². The molecule has 0 amide bonds. The van der Waals surface area contributed by atoms with Crippen molar-refractivity contribution in [3.05, 3.63) is 116 Å². The average molecular weight is 449 g/mol. The molecule has 8 unspecified atom stereocenters. The number of hydrogen-bond donors (Lipinski definition) is 0. The Morgan fingerprint density at radius 1 is 0.697 bits per heavy atom. The first kappa shape index (κ1) is 21.2. The van der Waals surface area contributed by atoms with Gasteiger partial charge in [0.15, 0.2) is 0 Å². The summed E-state index contributed by atoms with van der Waals surface area (Å²) in [5, 5.41) is 1.70. The Morgan fingerprint density at radius 2 is 1.27 bits per heavy atom. The van der Waals surface area contributed by atoms with Crippen LogP contribution >= 0.6 is 0 Å². The lowest BCUT2D eigenvalue weighted by atomic mass is 9.83. The van der Waals surface area contributed by atoms with Crippen molar-refractivity contribution in [3.8, 4) is 0 Å². The van der Waals surface area contributed by atoms with Gasteiger partial charge in [-0.05, 0) is 65.5 Å². The maximum absolute atomic E-state index is 4.20. The molecule has 0 saturated heterocycles. The Labute approximate surface area is 200 Å². The molecule has 0 N–H and O–H groups in total. The van der Waals surface area contributed by atoms with Crippen LogP contribution in [0.25, 0.3) is 0 Å². The fraction of sp³-hybridized carbons (Fsp3) is 0.375. The van der Waals surface area contributed by atoms with Crippen molar-refractivity contribution in [1.82, 2.24) is 0 Å². The summed E-state index contributed by atoms with van der Waals surface area (Å²) in [6, 6.07) is 13.2. The molecule has 0 nitrogen and oxygen atoms in total. The summed E-state index contributed by atoms with van der Waals surface area (Å²) in [7, 11) is -1.98. The van der Waals surface area contributed by atoms with Crippen molar-refractivity contribution in [2.75, 3.05) is 0 Å². The Bertz CT molecular complexity index is 1020. The third kappa shape index (κ3) is 3.31. The van der Waals surface area contributed by atoms with Crippen molar-refractivity contribution in [1.29, 1.82) is 0 Å². The van der Waals surface area contributed by atoms with Crippen LogP contribution in [0.1, 0.15) is 19.3 Å². The maximum atomic E-state index is 4.20. The number of fused-ring (bicyclic) bond motifs is 4. The second kappa shape index (κ2) is 8.76. The standard InChI is InChI=1S/C32H36Si/c1-2-3-23-33(25-14-5-4-6-15-25,31-22-21-24-13-7-8-16-26(24)31)32-29-19-11-9-17-27(29)28-18-10-12-20-30(28)32/h2,4-20,24,26-32H,1,3,21-23H2. The van der Waals surface area contributed by atoms with Gasteiger partial charge in [-0.25, -0.2) is 0 Å². The van der Waals surface area contributed by atoms with Gasteiger partial charge >= 0.3 is 0 Å². The minimum Gasteiger partial charge on any atom is -0.103 e. The average Bonchev–Trinajstić information content (AvgIpc) is 3.46. The molecule has 0 heterocycles. The highest BCUT2D eigenvalue weighted by Crippen LogP contribution is 2.64. The summed E-state index contributed by atoms with van der Waals surface area (Å²) in [5.41, 5.74) is 1.54. The van der Waals surface area contributed by atoms with Gasteiger partial charge in [-0.3, -0.25) is 0 Å². The number of benzene rings is 1. The highest BCUT2D eigenvalue weighted by atomic mass is 28.3. The first-order valence-electron chi connectivity index (χ1n) is 13.1. The lowest BCUT2D eigenvalue weighted by Gasteiger charge is -2.49. The summed E-state index contributed by atoms with van der Waals surface area (Å²) in [4.78, 5) is 0. The van der Waals surface area contributed by atoms with Crippen LogP contribution < -0.4 is 5.19 Å². The molecule has 168 valence electrons. The highest BCUT2D eigenvalue weighted by Gasteiger charge is 2.61. The molecular weight excluding hydrogens is 412 g/mol. The van der Waals surface area contributed by atoms with Gasteiger partial charge < -0.3 is 0 Å². The monoisotopic (exact) mass is 448 g/mol. The Kier molecular flexibility index (Phi) is 5.62. The molecule has 0 spiro atoms. The van der Waals surface area contributed by atoms with Crippen molar-refractivity contribution in [3.63, 3.8) is 0 Å². The molecule has 1 heteroatoms. The smallest absolute Gasteiger partial charge is 0.0949 e. The molecule has 5 aliphatic carbocycles. The summed E-state index contributed by atoms with van der Waals surface area (Å²) in [6.07, 6.45) is 35.4. The van der Waals surface area contributed by atoms with Crippen LogP contribution in [0.4, 0.5) is 0 Å².